The highest BCUT2D eigenvalue weighted by molar-refractivity contribution is 7.10. The maximum atomic E-state index is 4.44. The molecule has 0 spiro atoms. The highest BCUT2D eigenvalue weighted by Crippen LogP contribution is 2.50. The lowest BCUT2D eigenvalue weighted by atomic mass is 10.1. The maximum absolute atomic E-state index is 4.44. The standard InChI is InChI=1S/C10H16N2S/c1-10(4-5-10)9-8(6-12(2)3)11-7-13-9/h7H,4-6H2,1-3H3. The SMILES string of the molecule is CN(C)Cc1ncsc1C1(C)CC1. The van der Waals surface area contributed by atoms with Gasteiger partial charge >= 0.3 is 0 Å². The summed E-state index contributed by atoms with van der Waals surface area (Å²) in [6, 6.07) is 0. The third-order valence-corrected chi connectivity index (χ3v) is 3.83. The molecule has 72 valence electrons. The highest BCUT2D eigenvalue weighted by Gasteiger charge is 2.42. The van der Waals surface area contributed by atoms with Gasteiger partial charge in [-0.1, -0.05) is 6.92 Å². The molecule has 0 radical (unpaired) electrons. The predicted molar refractivity (Wildman–Crippen MR) is 56.1 cm³/mol. The number of thiazole rings is 1. The van der Waals surface area contributed by atoms with Crippen LogP contribution in [0.15, 0.2) is 5.51 Å². The molecular weight excluding hydrogens is 180 g/mol. The van der Waals surface area contributed by atoms with E-state index in [0.29, 0.717) is 5.41 Å². The predicted octanol–water partition coefficient (Wildman–Crippen LogP) is 2.26. The molecule has 1 saturated carbocycles. The van der Waals surface area contributed by atoms with Crippen molar-refractivity contribution in [2.24, 2.45) is 0 Å². The number of nitrogens with zero attached hydrogens (tertiary/aromatic N) is 2. The van der Waals surface area contributed by atoms with Gasteiger partial charge < -0.3 is 4.90 Å². The van der Waals surface area contributed by atoms with Gasteiger partial charge in [-0.3, -0.25) is 0 Å². The Balaban J connectivity index is 2.21. The van der Waals surface area contributed by atoms with Crippen molar-refractivity contribution in [2.75, 3.05) is 14.1 Å². The van der Waals surface area contributed by atoms with Crippen molar-refractivity contribution in [2.45, 2.75) is 31.7 Å². The molecule has 1 aromatic rings. The number of rotatable bonds is 3. The van der Waals surface area contributed by atoms with Crippen LogP contribution in [0.25, 0.3) is 0 Å². The lowest BCUT2D eigenvalue weighted by Gasteiger charge is -2.12. The Labute approximate surface area is 83.6 Å². The molecule has 1 aliphatic carbocycles. The van der Waals surface area contributed by atoms with Crippen molar-refractivity contribution in [1.29, 1.82) is 0 Å². The Morgan fingerprint density at radius 2 is 2.23 bits per heavy atom. The van der Waals surface area contributed by atoms with Crippen LogP contribution < -0.4 is 0 Å². The summed E-state index contributed by atoms with van der Waals surface area (Å²) in [4.78, 5) is 8.14. The van der Waals surface area contributed by atoms with E-state index in [0.717, 1.165) is 6.54 Å². The van der Waals surface area contributed by atoms with Crippen molar-refractivity contribution in [3.05, 3.63) is 16.1 Å². The van der Waals surface area contributed by atoms with E-state index in [1.807, 2.05) is 16.8 Å². The molecule has 1 heterocycles. The Kier molecular flexibility index (Phi) is 2.16. The summed E-state index contributed by atoms with van der Waals surface area (Å²) in [5, 5.41) is 0. The van der Waals surface area contributed by atoms with E-state index in [-0.39, 0.29) is 0 Å². The van der Waals surface area contributed by atoms with Crippen LogP contribution in [0.1, 0.15) is 30.3 Å². The van der Waals surface area contributed by atoms with Gasteiger partial charge in [-0.2, -0.15) is 0 Å². The fourth-order valence-corrected chi connectivity index (χ4v) is 2.61. The summed E-state index contributed by atoms with van der Waals surface area (Å²) >= 11 is 1.82. The van der Waals surface area contributed by atoms with Gasteiger partial charge in [0.15, 0.2) is 0 Å². The second-order valence-electron chi connectivity index (χ2n) is 4.43. The topological polar surface area (TPSA) is 16.1 Å². The highest BCUT2D eigenvalue weighted by atomic mass is 32.1. The molecule has 1 aliphatic rings. The number of aromatic nitrogens is 1. The molecule has 2 rings (SSSR count). The quantitative estimate of drug-likeness (QED) is 0.737. The molecule has 13 heavy (non-hydrogen) atoms. The number of hydrogen-bond acceptors (Lipinski definition) is 3. The first-order valence-electron chi connectivity index (χ1n) is 4.69. The van der Waals surface area contributed by atoms with E-state index in [2.05, 4.69) is 30.9 Å². The van der Waals surface area contributed by atoms with E-state index in [1.54, 1.807) is 0 Å². The van der Waals surface area contributed by atoms with E-state index in [4.69, 9.17) is 0 Å². The van der Waals surface area contributed by atoms with Crippen LogP contribution in [0.4, 0.5) is 0 Å². The Hall–Kier alpha value is -0.410. The van der Waals surface area contributed by atoms with Crippen molar-refractivity contribution in [3.8, 4) is 0 Å². The summed E-state index contributed by atoms with van der Waals surface area (Å²) in [7, 11) is 4.19. The van der Waals surface area contributed by atoms with Gasteiger partial charge in [0.25, 0.3) is 0 Å². The summed E-state index contributed by atoms with van der Waals surface area (Å²) in [5.74, 6) is 0. The van der Waals surface area contributed by atoms with Crippen molar-refractivity contribution in [1.82, 2.24) is 9.88 Å². The fraction of sp³-hybridized carbons (Fsp3) is 0.700. The van der Waals surface area contributed by atoms with Gasteiger partial charge in [-0.15, -0.1) is 11.3 Å². The number of hydrogen-bond donors (Lipinski definition) is 0. The zero-order valence-corrected chi connectivity index (χ0v) is 9.32. The third kappa shape index (κ3) is 1.76. The van der Waals surface area contributed by atoms with Crippen LogP contribution in [0.5, 0.6) is 0 Å². The van der Waals surface area contributed by atoms with Gasteiger partial charge in [0.05, 0.1) is 11.2 Å². The van der Waals surface area contributed by atoms with Crippen LogP contribution in [0.3, 0.4) is 0 Å². The first-order valence-corrected chi connectivity index (χ1v) is 5.57. The molecule has 0 N–H and O–H groups in total. The fourth-order valence-electron chi connectivity index (χ4n) is 1.59. The van der Waals surface area contributed by atoms with Gasteiger partial charge in [0.2, 0.25) is 0 Å². The third-order valence-electron chi connectivity index (χ3n) is 2.66. The van der Waals surface area contributed by atoms with Gasteiger partial charge in [0, 0.05) is 16.8 Å². The molecule has 0 unspecified atom stereocenters. The molecule has 0 amide bonds. The van der Waals surface area contributed by atoms with E-state index >= 15 is 0 Å². The molecule has 1 aromatic heterocycles. The zero-order valence-electron chi connectivity index (χ0n) is 8.50. The first kappa shape index (κ1) is 9.16. The largest absolute Gasteiger partial charge is 0.304 e. The molecule has 0 saturated heterocycles. The van der Waals surface area contributed by atoms with E-state index in [1.165, 1.54) is 23.4 Å². The second kappa shape index (κ2) is 3.07. The molecular formula is C10H16N2S. The molecule has 0 aromatic carbocycles. The molecule has 0 aliphatic heterocycles. The summed E-state index contributed by atoms with van der Waals surface area (Å²) in [5.41, 5.74) is 3.75. The molecule has 0 bridgehead atoms. The van der Waals surface area contributed by atoms with E-state index < -0.39 is 0 Å². The van der Waals surface area contributed by atoms with Gasteiger partial charge in [0.1, 0.15) is 0 Å². The van der Waals surface area contributed by atoms with Gasteiger partial charge in [-0.05, 0) is 26.9 Å². The van der Waals surface area contributed by atoms with E-state index in [9.17, 15) is 0 Å². The van der Waals surface area contributed by atoms with Crippen molar-refractivity contribution in [3.63, 3.8) is 0 Å². The average Bonchev–Trinajstić information content (AvgIpc) is 2.62. The van der Waals surface area contributed by atoms with Crippen LogP contribution in [0, 0.1) is 0 Å². The minimum atomic E-state index is 0.479. The molecule has 2 nitrogen and oxygen atoms in total. The maximum Gasteiger partial charge on any atom is 0.0798 e. The Morgan fingerprint density at radius 1 is 1.54 bits per heavy atom. The lowest BCUT2D eigenvalue weighted by molar-refractivity contribution is 0.395. The van der Waals surface area contributed by atoms with Crippen LogP contribution in [0.2, 0.25) is 0 Å². The van der Waals surface area contributed by atoms with Gasteiger partial charge in [-0.25, -0.2) is 4.98 Å². The van der Waals surface area contributed by atoms with Crippen LogP contribution in [-0.4, -0.2) is 24.0 Å². The normalized spacial score (nSPS) is 19.4. The minimum absolute atomic E-state index is 0.479. The monoisotopic (exact) mass is 196 g/mol. The van der Waals surface area contributed by atoms with Crippen LogP contribution in [-0.2, 0) is 12.0 Å². The zero-order chi connectivity index (χ0) is 9.47. The molecule has 1 fully saturated rings. The van der Waals surface area contributed by atoms with Crippen LogP contribution >= 0.6 is 11.3 Å². The average molecular weight is 196 g/mol. The van der Waals surface area contributed by atoms with Crippen molar-refractivity contribution < 1.29 is 0 Å². The molecule has 0 atom stereocenters. The lowest BCUT2D eigenvalue weighted by Crippen LogP contribution is -2.14. The summed E-state index contributed by atoms with van der Waals surface area (Å²) in [6.07, 6.45) is 2.69. The smallest absolute Gasteiger partial charge is 0.0798 e. The Bertz CT molecular complexity index is 300. The summed E-state index contributed by atoms with van der Waals surface area (Å²) < 4.78 is 0. The van der Waals surface area contributed by atoms with Crippen molar-refractivity contribution >= 4 is 11.3 Å². The molecule has 3 heteroatoms. The second-order valence-corrected chi connectivity index (χ2v) is 5.28. The summed E-state index contributed by atoms with van der Waals surface area (Å²) in [6.45, 7) is 3.33. The Morgan fingerprint density at radius 3 is 2.77 bits per heavy atom. The minimum Gasteiger partial charge on any atom is -0.304 e. The first-order chi connectivity index (χ1) is 6.12.